The van der Waals surface area contributed by atoms with Gasteiger partial charge in [-0.3, -0.25) is 0 Å². The normalized spacial score (nSPS) is 15.1. The van der Waals surface area contributed by atoms with Crippen LogP contribution in [0.5, 0.6) is 0 Å². The molecule has 0 saturated carbocycles. The molecule has 0 aromatic carbocycles. The van der Waals surface area contributed by atoms with Crippen LogP contribution >= 0.6 is 12.2 Å². The van der Waals surface area contributed by atoms with Crippen LogP contribution in [0, 0.1) is 0 Å². The Morgan fingerprint density at radius 2 is 1.93 bits per heavy atom. The Bertz CT molecular complexity index is 161. The fourth-order valence-corrected chi connectivity index (χ4v) is 1.40. The van der Waals surface area contributed by atoms with Crippen molar-refractivity contribution in [2.45, 2.75) is 65.1 Å². The first-order valence-electron chi connectivity index (χ1n) is 5.52. The molecule has 0 aromatic rings. The molecule has 0 fully saturated rings. The van der Waals surface area contributed by atoms with Gasteiger partial charge in [-0.2, -0.15) is 0 Å². The monoisotopic (exact) mass is 217 g/mol. The Hall–Kier alpha value is -0.150. The Morgan fingerprint density at radius 1 is 1.29 bits per heavy atom. The topological polar surface area (TPSA) is 35.2 Å². The van der Waals surface area contributed by atoms with Crippen LogP contribution in [-0.2, 0) is 4.74 Å². The van der Waals surface area contributed by atoms with E-state index in [0.717, 1.165) is 6.42 Å². The highest BCUT2D eigenvalue weighted by atomic mass is 32.1. The van der Waals surface area contributed by atoms with Crippen molar-refractivity contribution in [2.24, 2.45) is 5.73 Å². The van der Waals surface area contributed by atoms with Gasteiger partial charge in [0.05, 0.1) is 6.10 Å². The van der Waals surface area contributed by atoms with E-state index in [1.165, 1.54) is 25.7 Å². The molecule has 3 heteroatoms. The summed E-state index contributed by atoms with van der Waals surface area (Å²) in [5.41, 5.74) is 5.47. The second-order valence-electron chi connectivity index (χ2n) is 3.84. The molecular formula is C11H23NOS. The van der Waals surface area contributed by atoms with Crippen molar-refractivity contribution in [2.75, 3.05) is 0 Å². The summed E-state index contributed by atoms with van der Waals surface area (Å²) in [6.45, 7) is 6.21. The van der Waals surface area contributed by atoms with Crippen molar-refractivity contribution in [3.63, 3.8) is 0 Å². The second-order valence-corrected chi connectivity index (χ2v) is 4.31. The summed E-state index contributed by atoms with van der Waals surface area (Å²) < 4.78 is 5.63. The van der Waals surface area contributed by atoms with Gasteiger partial charge < -0.3 is 10.5 Å². The van der Waals surface area contributed by atoms with E-state index in [9.17, 15) is 0 Å². The van der Waals surface area contributed by atoms with Gasteiger partial charge >= 0.3 is 0 Å². The lowest BCUT2D eigenvalue weighted by Crippen LogP contribution is -2.29. The Kier molecular flexibility index (Phi) is 8.09. The standard InChI is InChI=1S/C11H23NOS/c1-4-5-6-7-8-9(2)13-10(3)11(12)14/h9-10H,4-8H2,1-3H3,(H2,12,14). The average Bonchev–Trinajstić information content (AvgIpc) is 2.12. The summed E-state index contributed by atoms with van der Waals surface area (Å²) in [6.07, 6.45) is 6.41. The summed E-state index contributed by atoms with van der Waals surface area (Å²) >= 11 is 4.84. The van der Waals surface area contributed by atoms with Crippen molar-refractivity contribution in [3.05, 3.63) is 0 Å². The number of unbranched alkanes of at least 4 members (excludes halogenated alkanes) is 3. The van der Waals surface area contributed by atoms with Gasteiger partial charge in [0.2, 0.25) is 0 Å². The summed E-state index contributed by atoms with van der Waals surface area (Å²) in [5.74, 6) is 0. The molecule has 14 heavy (non-hydrogen) atoms. The molecule has 0 bridgehead atoms. The molecule has 0 aliphatic rings. The molecule has 0 radical (unpaired) electrons. The maximum Gasteiger partial charge on any atom is 0.105 e. The Balaban J connectivity index is 3.45. The molecular weight excluding hydrogens is 194 g/mol. The van der Waals surface area contributed by atoms with Gasteiger partial charge in [0, 0.05) is 0 Å². The van der Waals surface area contributed by atoms with E-state index >= 15 is 0 Å². The van der Waals surface area contributed by atoms with Crippen molar-refractivity contribution < 1.29 is 4.74 Å². The van der Waals surface area contributed by atoms with Gasteiger partial charge in [0.15, 0.2) is 0 Å². The zero-order valence-electron chi connectivity index (χ0n) is 9.58. The first-order chi connectivity index (χ1) is 6.57. The minimum absolute atomic E-state index is 0.0915. The Labute approximate surface area is 93.2 Å². The van der Waals surface area contributed by atoms with Crippen molar-refractivity contribution in [1.29, 1.82) is 0 Å². The first-order valence-corrected chi connectivity index (χ1v) is 5.93. The number of ether oxygens (including phenoxy) is 1. The van der Waals surface area contributed by atoms with Crippen LogP contribution in [0.2, 0.25) is 0 Å². The summed E-state index contributed by atoms with van der Waals surface area (Å²) in [6, 6.07) is 0. The number of nitrogens with two attached hydrogens (primary N) is 1. The smallest absolute Gasteiger partial charge is 0.105 e. The summed E-state index contributed by atoms with van der Waals surface area (Å²) in [4.78, 5) is 0.449. The number of hydrogen-bond donors (Lipinski definition) is 1. The predicted octanol–water partition coefficient (Wildman–Crippen LogP) is 3.04. The van der Waals surface area contributed by atoms with Crippen LogP contribution in [-0.4, -0.2) is 17.2 Å². The molecule has 2 atom stereocenters. The quantitative estimate of drug-likeness (QED) is 0.501. The number of thiocarbonyl (C=S) groups is 1. The second kappa shape index (κ2) is 8.18. The van der Waals surface area contributed by atoms with Gasteiger partial charge in [0.25, 0.3) is 0 Å². The minimum Gasteiger partial charge on any atom is -0.391 e. The van der Waals surface area contributed by atoms with E-state index in [4.69, 9.17) is 22.7 Å². The van der Waals surface area contributed by atoms with Crippen LogP contribution < -0.4 is 5.73 Å². The van der Waals surface area contributed by atoms with Crippen LogP contribution in [0.3, 0.4) is 0 Å². The van der Waals surface area contributed by atoms with E-state index in [1.54, 1.807) is 0 Å². The van der Waals surface area contributed by atoms with Gasteiger partial charge in [0.1, 0.15) is 11.1 Å². The van der Waals surface area contributed by atoms with E-state index in [2.05, 4.69) is 13.8 Å². The van der Waals surface area contributed by atoms with E-state index < -0.39 is 0 Å². The molecule has 2 unspecified atom stereocenters. The van der Waals surface area contributed by atoms with Gasteiger partial charge in [-0.1, -0.05) is 44.8 Å². The third kappa shape index (κ3) is 7.27. The molecule has 0 rings (SSSR count). The van der Waals surface area contributed by atoms with E-state index in [-0.39, 0.29) is 12.2 Å². The van der Waals surface area contributed by atoms with Crippen molar-refractivity contribution in [1.82, 2.24) is 0 Å². The van der Waals surface area contributed by atoms with E-state index in [1.807, 2.05) is 6.92 Å². The maximum absolute atomic E-state index is 5.63. The highest BCUT2D eigenvalue weighted by Crippen LogP contribution is 2.09. The zero-order chi connectivity index (χ0) is 11.0. The molecule has 0 heterocycles. The molecule has 84 valence electrons. The van der Waals surface area contributed by atoms with Crippen LogP contribution in [0.15, 0.2) is 0 Å². The lowest BCUT2D eigenvalue weighted by Gasteiger charge is -2.17. The molecule has 0 aromatic heterocycles. The van der Waals surface area contributed by atoms with Crippen molar-refractivity contribution in [3.8, 4) is 0 Å². The third-order valence-electron chi connectivity index (χ3n) is 2.30. The van der Waals surface area contributed by atoms with Crippen molar-refractivity contribution >= 4 is 17.2 Å². The fraction of sp³-hybridized carbons (Fsp3) is 0.909. The van der Waals surface area contributed by atoms with Crippen LogP contribution in [0.25, 0.3) is 0 Å². The SMILES string of the molecule is CCCCCCC(C)OC(C)C(N)=S. The zero-order valence-corrected chi connectivity index (χ0v) is 10.4. The molecule has 0 aliphatic carbocycles. The van der Waals surface area contributed by atoms with Gasteiger partial charge in [-0.15, -0.1) is 0 Å². The maximum atomic E-state index is 5.63. The lowest BCUT2D eigenvalue weighted by molar-refractivity contribution is 0.0384. The Morgan fingerprint density at radius 3 is 2.43 bits per heavy atom. The summed E-state index contributed by atoms with van der Waals surface area (Å²) in [7, 11) is 0. The molecule has 0 aliphatic heterocycles. The largest absolute Gasteiger partial charge is 0.391 e. The highest BCUT2D eigenvalue weighted by molar-refractivity contribution is 7.80. The van der Waals surface area contributed by atoms with Crippen LogP contribution in [0.4, 0.5) is 0 Å². The van der Waals surface area contributed by atoms with Gasteiger partial charge in [-0.25, -0.2) is 0 Å². The third-order valence-corrected chi connectivity index (χ3v) is 2.63. The van der Waals surface area contributed by atoms with Gasteiger partial charge in [-0.05, 0) is 20.3 Å². The number of hydrogen-bond acceptors (Lipinski definition) is 2. The van der Waals surface area contributed by atoms with E-state index in [0.29, 0.717) is 4.99 Å². The first kappa shape index (κ1) is 13.8. The number of rotatable bonds is 8. The highest BCUT2D eigenvalue weighted by Gasteiger charge is 2.09. The lowest BCUT2D eigenvalue weighted by atomic mass is 10.1. The summed E-state index contributed by atoms with van der Waals surface area (Å²) in [5, 5.41) is 0. The van der Waals surface area contributed by atoms with Crippen LogP contribution in [0.1, 0.15) is 52.9 Å². The molecule has 0 amide bonds. The molecule has 0 saturated heterocycles. The molecule has 2 N–H and O–H groups in total. The molecule has 2 nitrogen and oxygen atoms in total. The predicted molar refractivity (Wildman–Crippen MR) is 65.6 cm³/mol. The molecule has 0 spiro atoms. The average molecular weight is 217 g/mol. The fourth-order valence-electron chi connectivity index (χ4n) is 1.34. The minimum atomic E-state index is -0.0915.